The van der Waals surface area contributed by atoms with Crippen LogP contribution < -0.4 is 0 Å². The molecule has 7 heteroatoms. The fourth-order valence-electron chi connectivity index (χ4n) is 3.78. The molecule has 3 aromatic rings. The van der Waals surface area contributed by atoms with Gasteiger partial charge < -0.3 is 9.47 Å². The van der Waals surface area contributed by atoms with Crippen LogP contribution in [0.4, 0.5) is 0 Å². The van der Waals surface area contributed by atoms with E-state index in [2.05, 4.69) is 11.7 Å². The van der Waals surface area contributed by atoms with Gasteiger partial charge in [0.05, 0.1) is 12.7 Å². The molecule has 0 bridgehead atoms. The number of aromatic nitrogens is 3. The fraction of sp³-hybridized carbons (Fsp3) is 0.286. The summed E-state index contributed by atoms with van der Waals surface area (Å²) in [5, 5.41) is 5.90. The molecule has 2 aromatic heterocycles. The quantitative estimate of drug-likeness (QED) is 0.600. The number of carbonyl (C=O) groups excluding carboxylic acids is 2. The molecule has 0 aliphatic carbocycles. The SMILES string of the molecule is C=CC(=O)N1CC(CC(=O)Cn2cc(-c3cnn(C)c3)c3cc(Cl)ccc32)C1. The Hall–Kier alpha value is -2.86. The van der Waals surface area contributed by atoms with Crippen molar-refractivity contribution in [3.8, 4) is 11.1 Å². The number of benzene rings is 1. The minimum atomic E-state index is -0.0712. The summed E-state index contributed by atoms with van der Waals surface area (Å²) < 4.78 is 3.72. The van der Waals surface area contributed by atoms with Gasteiger partial charge in [-0.25, -0.2) is 0 Å². The van der Waals surface area contributed by atoms with Gasteiger partial charge in [-0.15, -0.1) is 0 Å². The molecule has 1 fully saturated rings. The number of amides is 1. The number of halogens is 1. The predicted molar refractivity (Wildman–Crippen MR) is 109 cm³/mol. The van der Waals surface area contributed by atoms with Gasteiger partial charge in [0.15, 0.2) is 5.78 Å². The van der Waals surface area contributed by atoms with Crippen molar-refractivity contribution in [3.63, 3.8) is 0 Å². The molecular weight excluding hydrogens is 376 g/mol. The smallest absolute Gasteiger partial charge is 0.245 e. The molecule has 0 saturated carbocycles. The lowest BCUT2D eigenvalue weighted by Gasteiger charge is -2.38. The van der Waals surface area contributed by atoms with E-state index < -0.39 is 0 Å². The summed E-state index contributed by atoms with van der Waals surface area (Å²) in [4.78, 5) is 25.9. The summed E-state index contributed by atoms with van der Waals surface area (Å²) in [5.74, 6) is 0.309. The van der Waals surface area contributed by atoms with Crippen LogP contribution in [0.3, 0.4) is 0 Å². The van der Waals surface area contributed by atoms with E-state index in [0.29, 0.717) is 31.1 Å². The molecule has 1 aromatic carbocycles. The zero-order valence-corrected chi connectivity index (χ0v) is 16.4. The minimum absolute atomic E-state index is 0.0712. The molecule has 0 N–H and O–H groups in total. The van der Waals surface area contributed by atoms with Crippen LogP contribution in [0, 0.1) is 5.92 Å². The second-order valence-electron chi connectivity index (χ2n) is 7.29. The maximum atomic E-state index is 12.6. The number of likely N-dealkylation sites (tertiary alicyclic amines) is 1. The van der Waals surface area contributed by atoms with Crippen molar-refractivity contribution in [2.45, 2.75) is 13.0 Å². The third-order valence-corrected chi connectivity index (χ3v) is 5.40. The number of hydrogen-bond acceptors (Lipinski definition) is 3. The summed E-state index contributed by atoms with van der Waals surface area (Å²) in [5.41, 5.74) is 2.96. The number of rotatable bonds is 6. The van der Waals surface area contributed by atoms with Gasteiger partial charge >= 0.3 is 0 Å². The Labute approximate surface area is 168 Å². The van der Waals surface area contributed by atoms with Crippen LogP contribution in [0.5, 0.6) is 0 Å². The van der Waals surface area contributed by atoms with Crippen molar-refractivity contribution < 1.29 is 9.59 Å². The van der Waals surface area contributed by atoms with Gasteiger partial charge in [0.2, 0.25) is 5.91 Å². The van der Waals surface area contributed by atoms with E-state index >= 15 is 0 Å². The van der Waals surface area contributed by atoms with Crippen LogP contribution in [0.15, 0.2) is 49.4 Å². The molecule has 144 valence electrons. The average molecular weight is 397 g/mol. The maximum Gasteiger partial charge on any atom is 0.245 e. The monoisotopic (exact) mass is 396 g/mol. The highest BCUT2D eigenvalue weighted by Crippen LogP contribution is 2.32. The van der Waals surface area contributed by atoms with E-state index in [-0.39, 0.29) is 17.6 Å². The molecule has 28 heavy (non-hydrogen) atoms. The summed E-state index contributed by atoms with van der Waals surface area (Å²) in [6.07, 6.45) is 7.53. The van der Waals surface area contributed by atoms with Crippen molar-refractivity contribution >= 4 is 34.2 Å². The van der Waals surface area contributed by atoms with Gasteiger partial charge in [0, 0.05) is 71.9 Å². The number of carbonyl (C=O) groups is 2. The summed E-state index contributed by atoms with van der Waals surface area (Å²) in [6.45, 7) is 5.04. The first-order valence-electron chi connectivity index (χ1n) is 9.15. The third-order valence-electron chi connectivity index (χ3n) is 5.17. The zero-order valence-electron chi connectivity index (χ0n) is 15.6. The molecule has 6 nitrogen and oxygen atoms in total. The molecule has 3 heterocycles. The Morgan fingerprint density at radius 2 is 2.11 bits per heavy atom. The molecular formula is C21H21ClN4O2. The first-order valence-corrected chi connectivity index (χ1v) is 9.53. The van der Waals surface area contributed by atoms with Gasteiger partial charge in [0.1, 0.15) is 0 Å². The molecule has 0 spiro atoms. The highest BCUT2D eigenvalue weighted by molar-refractivity contribution is 6.31. The molecule has 1 amide bonds. The fourth-order valence-corrected chi connectivity index (χ4v) is 3.95. The van der Waals surface area contributed by atoms with Gasteiger partial charge in [-0.3, -0.25) is 14.3 Å². The van der Waals surface area contributed by atoms with Crippen LogP contribution in [-0.4, -0.2) is 44.0 Å². The van der Waals surface area contributed by atoms with E-state index in [1.54, 1.807) is 15.8 Å². The molecule has 4 rings (SSSR count). The number of ketones is 1. The van der Waals surface area contributed by atoms with Gasteiger partial charge in [-0.2, -0.15) is 5.10 Å². The Bertz CT molecular complexity index is 1080. The number of Topliss-reactive ketones (excluding diaryl/α,β-unsaturated/α-hetero) is 1. The van der Waals surface area contributed by atoms with Crippen molar-refractivity contribution in [1.29, 1.82) is 0 Å². The molecule has 0 unspecified atom stereocenters. The Morgan fingerprint density at radius 3 is 2.79 bits per heavy atom. The Balaban J connectivity index is 1.53. The number of fused-ring (bicyclic) bond motifs is 1. The van der Waals surface area contributed by atoms with E-state index in [1.807, 2.05) is 42.2 Å². The van der Waals surface area contributed by atoms with Crippen LogP contribution in [0.1, 0.15) is 6.42 Å². The number of nitrogens with zero attached hydrogens (tertiary/aromatic N) is 4. The minimum Gasteiger partial charge on any atom is -0.339 e. The van der Waals surface area contributed by atoms with E-state index in [4.69, 9.17) is 11.6 Å². The van der Waals surface area contributed by atoms with Crippen molar-refractivity contribution in [2.24, 2.45) is 13.0 Å². The average Bonchev–Trinajstić information content (AvgIpc) is 3.20. The van der Waals surface area contributed by atoms with Gasteiger partial charge in [-0.1, -0.05) is 18.2 Å². The summed E-state index contributed by atoms with van der Waals surface area (Å²) in [7, 11) is 1.87. The lowest BCUT2D eigenvalue weighted by molar-refractivity contribution is -0.134. The van der Waals surface area contributed by atoms with Gasteiger partial charge in [-0.05, 0) is 24.3 Å². The summed E-state index contributed by atoms with van der Waals surface area (Å²) in [6, 6.07) is 5.70. The predicted octanol–water partition coefficient (Wildman–Crippen LogP) is 3.30. The van der Waals surface area contributed by atoms with Crippen LogP contribution in [0.25, 0.3) is 22.0 Å². The Morgan fingerprint density at radius 1 is 1.32 bits per heavy atom. The second kappa shape index (κ2) is 7.28. The molecule has 1 saturated heterocycles. The Kier molecular flexibility index (Phi) is 4.81. The van der Waals surface area contributed by atoms with Crippen LogP contribution >= 0.6 is 11.6 Å². The van der Waals surface area contributed by atoms with Crippen LogP contribution in [-0.2, 0) is 23.2 Å². The van der Waals surface area contributed by atoms with Gasteiger partial charge in [0.25, 0.3) is 0 Å². The maximum absolute atomic E-state index is 12.6. The normalized spacial score (nSPS) is 14.3. The second-order valence-corrected chi connectivity index (χ2v) is 7.73. The summed E-state index contributed by atoms with van der Waals surface area (Å²) >= 11 is 6.21. The lowest BCUT2D eigenvalue weighted by atomic mass is 9.94. The van der Waals surface area contributed by atoms with Crippen molar-refractivity contribution in [2.75, 3.05) is 13.1 Å². The number of hydrogen-bond donors (Lipinski definition) is 0. The third kappa shape index (κ3) is 3.47. The number of aryl methyl sites for hydroxylation is 1. The molecule has 1 aliphatic heterocycles. The highest BCUT2D eigenvalue weighted by Gasteiger charge is 2.30. The van der Waals surface area contributed by atoms with Crippen molar-refractivity contribution in [3.05, 3.63) is 54.5 Å². The first-order chi connectivity index (χ1) is 13.4. The lowest BCUT2D eigenvalue weighted by Crippen LogP contribution is -2.50. The molecule has 0 atom stereocenters. The topological polar surface area (TPSA) is 60.1 Å². The molecule has 1 aliphatic rings. The van der Waals surface area contributed by atoms with Crippen molar-refractivity contribution in [1.82, 2.24) is 19.2 Å². The van der Waals surface area contributed by atoms with E-state index in [9.17, 15) is 9.59 Å². The zero-order chi connectivity index (χ0) is 19.8. The van der Waals surface area contributed by atoms with E-state index in [1.165, 1.54) is 6.08 Å². The highest BCUT2D eigenvalue weighted by atomic mass is 35.5. The molecule has 0 radical (unpaired) electrons. The van der Waals surface area contributed by atoms with E-state index in [0.717, 1.165) is 22.0 Å². The standard InChI is InChI=1S/C21H21ClN4O2/c1-3-21(28)26-9-14(10-26)6-17(27)12-25-13-19(15-8-23-24(2)11-15)18-7-16(22)4-5-20(18)25/h3-5,7-8,11,13-14H,1,6,9-10,12H2,2H3. The first kappa shape index (κ1) is 18.5. The largest absolute Gasteiger partial charge is 0.339 e. The van der Waals surface area contributed by atoms with Crippen LogP contribution in [0.2, 0.25) is 5.02 Å².